The van der Waals surface area contributed by atoms with Crippen molar-refractivity contribution in [3.63, 3.8) is 0 Å². The summed E-state index contributed by atoms with van der Waals surface area (Å²) in [5.41, 5.74) is 0.234. The number of ether oxygens (including phenoxy) is 2. The number of methoxy groups -OCH3 is 1. The predicted octanol–water partition coefficient (Wildman–Crippen LogP) is 0.802. The van der Waals surface area contributed by atoms with Crippen molar-refractivity contribution in [2.24, 2.45) is 0 Å². The molecule has 1 aliphatic heterocycles. The number of amides is 2. The number of para-hydroxylation sites is 2. The van der Waals surface area contributed by atoms with Gasteiger partial charge in [0.05, 0.1) is 19.3 Å². The van der Waals surface area contributed by atoms with Gasteiger partial charge in [0.25, 0.3) is 0 Å². The van der Waals surface area contributed by atoms with Crippen LogP contribution in [-0.4, -0.2) is 68.1 Å². The molecule has 8 nitrogen and oxygen atoms in total. The molecule has 27 heavy (non-hydrogen) atoms. The Labute approximate surface area is 159 Å². The molecule has 2 rings (SSSR count). The van der Waals surface area contributed by atoms with E-state index in [1.54, 1.807) is 32.8 Å². The molecule has 1 aromatic rings. The van der Waals surface area contributed by atoms with E-state index in [1.807, 2.05) is 24.3 Å². The molecule has 1 aromatic carbocycles. The summed E-state index contributed by atoms with van der Waals surface area (Å²) in [7, 11) is 1.63. The lowest BCUT2D eigenvalue weighted by molar-refractivity contribution is -0.163. The molecule has 1 fully saturated rings. The summed E-state index contributed by atoms with van der Waals surface area (Å²) in [5.74, 6) is -1.34. The molecule has 0 spiro atoms. The van der Waals surface area contributed by atoms with E-state index < -0.39 is 17.5 Å². The second-order valence-corrected chi connectivity index (χ2v) is 7.22. The highest BCUT2D eigenvalue weighted by Gasteiger charge is 2.26. The van der Waals surface area contributed by atoms with E-state index in [9.17, 15) is 14.4 Å². The minimum absolute atomic E-state index is 0.229. The SMILES string of the molecule is COc1ccccc1N1CCN(C(=O)CNC(=O)C(=O)OC(C)(C)C)CC1. The summed E-state index contributed by atoms with van der Waals surface area (Å²) >= 11 is 0. The van der Waals surface area contributed by atoms with Crippen molar-refractivity contribution in [1.29, 1.82) is 0 Å². The first-order valence-corrected chi connectivity index (χ1v) is 8.88. The standard InChI is InChI=1S/C19H27N3O5/c1-19(2,3)27-18(25)17(24)20-13-16(23)22-11-9-21(10-12-22)14-7-5-6-8-15(14)26-4/h5-8H,9-13H2,1-4H3,(H,20,24). The lowest BCUT2D eigenvalue weighted by atomic mass is 10.2. The van der Waals surface area contributed by atoms with Gasteiger partial charge in [-0.15, -0.1) is 0 Å². The molecule has 0 unspecified atom stereocenters. The van der Waals surface area contributed by atoms with Crippen LogP contribution in [0, 0.1) is 0 Å². The number of carbonyl (C=O) groups excluding carboxylic acids is 3. The third-order valence-electron chi connectivity index (χ3n) is 4.04. The zero-order chi connectivity index (χ0) is 20.0. The van der Waals surface area contributed by atoms with Gasteiger partial charge in [-0.3, -0.25) is 9.59 Å². The van der Waals surface area contributed by atoms with Crippen LogP contribution in [0.15, 0.2) is 24.3 Å². The van der Waals surface area contributed by atoms with E-state index in [0.717, 1.165) is 11.4 Å². The average Bonchev–Trinajstić information content (AvgIpc) is 2.64. The van der Waals surface area contributed by atoms with E-state index >= 15 is 0 Å². The molecule has 1 aliphatic rings. The predicted molar refractivity (Wildman–Crippen MR) is 101 cm³/mol. The van der Waals surface area contributed by atoms with E-state index in [4.69, 9.17) is 9.47 Å². The van der Waals surface area contributed by atoms with Gasteiger partial charge in [0, 0.05) is 26.2 Å². The van der Waals surface area contributed by atoms with Gasteiger partial charge in [-0.1, -0.05) is 12.1 Å². The summed E-state index contributed by atoms with van der Waals surface area (Å²) in [5, 5.41) is 2.32. The fourth-order valence-corrected chi connectivity index (χ4v) is 2.75. The van der Waals surface area contributed by atoms with Gasteiger partial charge in [0.2, 0.25) is 5.91 Å². The Hall–Kier alpha value is -2.77. The highest BCUT2D eigenvalue weighted by atomic mass is 16.6. The molecule has 2 amide bonds. The molecule has 0 radical (unpaired) electrons. The Kier molecular flexibility index (Phi) is 6.65. The third kappa shape index (κ3) is 5.87. The molecule has 0 saturated carbocycles. The monoisotopic (exact) mass is 377 g/mol. The van der Waals surface area contributed by atoms with Gasteiger partial charge in [0.15, 0.2) is 0 Å². The van der Waals surface area contributed by atoms with Crippen molar-refractivity contribution in [2.75, 3.05) is 44.7 Å². The maximum Gasteiger partial charge on any atom is 0.397 e. The minimum atomic E-state index is -0.990. The van der Waals surface area contributed by atoms with Crippen molar-refractivity contribution in [3.05, 3.63) is 24.3 Å². The Bertz CT molecular complexity index is 691. The van der Waals surface area contributed by atoms with E-state index in [2.05, 4.69) is 10.2 Å². The van der Waals surface area contributed by atoms with Gasteiger partial charge < -0.3 is 24.6 Å². The lowest BCUT2D eigenvalue weighted by Crippen LogP contribution is -2.52. The number of anilines is 1. The molecule has 0 atom stereocenters. The van der Waals surface area contributed by atoms with Crippen LogP contribution in [0.5, 0.6) is 5.75 Å². The maximum absolute atomic E-state index is 12.3. The molecule has 0 bridgehead atoms. The van der Waals surface area contributed by atoms with Crippen molar-refractivity contribution in [2.45, 2.75) is 26.4 Å². The average molecular weight is 377 g/mol. The minimum Gasteiger partial charge on any atom is -0.495 e. The van der Waals surface area contributed by atoms with Crippen molar-refractivity contribution in [1.82, 2.24) is 10.2 Å². The maximum atomic E-state index is 12.3. The van der Waals surface area contributed by atoms with Gasteiger partial charge in [-0.2, -0.15) is 0 Å². The molecule has 0 aromatic heterocycles. The normalized spacial score (nSPS) is 14.5. The molecule has 1 N–H and O–H groups in total. The Balaban J connectivity index is 1.81. The summed E-state index contributed by atoms with van der Waals surface area (Å²) in [6.07, 6.45) is 0. The first-order chi connectivity index (χ1) is 12.7. The fourth-order valence-electron chi connectivity index (χ4n) is 2.75. The molecule has 1 saturated heterocycles. The molecular weight excluding hydrogens is 350 g/mol. The van der Waals surface area contributed by atoms with Crippen LogP contribution < -0.4 is 15.0 Å². The largest absolute Gasteiger partial charge is 0.495 e. The Morgan fingerprint density at radius 1 is 1.07 bits per heavy atom. The fraction of sp³-hybridized carbons (Fsp3) is 0.526. The number of esters is 1. The summed E-state index contributed by atoms with van der Waals surface area (Å²) in [6, 6.07) is 7.74. The van der Waals surface area contributed by atoms with Crippen LogP contribution in [0.1, 0.15) is 20.8 Å². The Morgan fingerprint density at radius 2 is 1.70 bits per heavy atom. The molecule has 1 heterocycles. The Morgan fingerprint density at radius 3 is 2.30 bits per heavy atom. The highest BCUT2D eigenvalue weighted by Crippen LogP contribution is 2.28. The highest BCUT2D eigenvalue weighted by molar-refractivity contribution is 6.32. The number of piperazine rings is 1. The van der Waals surface area contributed by atoms with Crippen LogP contribution in [0.25, 0.3) is 0 Å². The van der Waals surface area contributed by atoms with Crippen molar-refractivity contribution in [3.8, 4) is 5.75 Å². The van der Waals surface area contributed by atoms with Crippen LogP contribution in [0.3, 0.4) is 0 Å². The van der Waals surface area contributed by atoms with Gasteiger partial charge in [-0.05, 0) is 32.9 Å². The van der Waals surface area contributed by atoms with Crippen LogP contribution in [0.2, 0.25) is 0 Å². The first kappa shape index (κ1) is 20.5. The van der Waals surface area contributed by atoms with Crippen molar-refractivity contribution >= 4 is 23.5 Å². The van der Waals surface area contributed by atoms with Gasteiger partial charge in [0.1, 0.15) is 11.4 Å². The number of carbonyl (C=O) groups is 3. The van der Waals surface area contributed by atoms with Crippen molar-refractivity contribution < 1.29 is 23.9 Å². The zero-order valence-electron chi connectivity index (χ0n) is 16.3. The van der Waals surface area contributed by atoms with E-state index in [1.165, 1.54) is 0 Å². The summed E-state index contributed by atoms with van der Waals surface area (Å²) < 4.78 is 10.3. The molecular formula is C19H27N3O5. The van der Waals surface area contributed by atoms with Gasteiger partial charge >= 0.3 is 11.9 Å². The van der Waals surface area contributed by atoms with E-state index in [0.29, 0.717) is 26.2 Å². The van der Waals surface area contributed by atoms with Gasteiger partial charge in [-0.25, -0.2) is 4.79 Å². The summed E-state index contributed by atoms with van der Waals surface area (Å²) in [6.45, 7) is 7.16. The van der Waals surface area contributed by atoms with Crippen LogP contribution in [-0.2, 0) is 19.1 Å². The van der Waals surface area contributed by atoms with Crippen LogP contribution in [0.4, 0.5) is 5.69 Å². The molecule has 148 valence electrons. The summed E-state index contributed by atoms with van der Waals surface area (Å²) in [4.78, 5) is 39.5. The number of hydrogen-bond acceptors (Lipinski definition) is 6. The topological polar surface area (TPSA) is 88.2 Å². The third-order valence-corrected chi connectivity index (χ3v) is 4.04. The zero-order valence-corrected chi connectivity index (χ0v) is 16.3. The first-order valence-electron chi connectivity index (χ1n) is 8.88. The second-order valence-electron chi connectivity index (χ2n) is 7.22. The smallest absolute Gasteiger partial charge is 0.397 e. The quantitative estimate of drug-likeness (QED) is 0.617. The van der Waals surface area contributed by atoms with E-state index in [-0.39, 0.29) is 12.5 Å². The number of nitrogens with zero attached hydrogens (tertiary/aromatic N) is 2. The number of rotatable bonds is 4. The number of nitrogens with one attached hydrogen (secondary N) is 1. The second kappa shape index (κ2) is 8.75. The lowest BCUT2D eigenvalue weighted by Gasteiger charge is -2.36. The molecule has 0 aliphatic carbocycles. The molecule has 8 heteroatoms. The van der Waals surface area contributed by atoms with Crippen LogP contribution >= 0.6 is 0 Å². The number of benzene rings is 1. The number of hydrogen-bond donors (Lipinski definition) is 1.